The van der Waals surface area contributed by atoms with Crippen LogP contribution in [0.2, 0.25) is 0 Å². The minimum Gasteiger partial charge on any atom is -0.478 e. The molecule has 0 radical (unpaired) electrons. The summed E-state index contributed by atoms with van der Waals surface area (Å²) in [6.45, 7) is 7.99. The van der Waals surface area contributed by atoms with Crippen LogP contribution in [0.4, 0.5) is 0 Å². The molecule has 0 aromatic heterocycles. The Hall–Kier alpha value is -0.790. The van der Waals surface area contributed by atoms with Crippen molar-refractivity contribution >= 4 is 5.97 Å². The predicted octanol–water partition coefficient (Wildman–Crippen LogP) is 4.40. The Morgan fingerprint density at radius 3 is 2.31 bits per heavy atom. The van der Waals surface area contributed by atoms with Crippen LogP contribution in [-0.2, 0) is 4.79 Å². The summed E-state index contributed by atoms with van der Waals surface area (Å²) in [5.41, 5.74) is 0.358. The molecule has 1 unspecified atom stereocenters. The fraction of sp³-hybridized carbons (Fsp3) is 0.786. The van der Waals surface area contributed by atoms with Gasteiger partial charge in [0.1, 0.15) is 0 Å². The van der Waals surface area contributed by atoms with Crippen molar-refractivity contribution in [3.05, 3.63) is 12.2 Å². The minimum absolute atomic E-state index is 0.358. The predicted molar refractivity (Wildman–Crippen MR) is 68.5 cm³/mol. The molecular weight excluding hydrogens is 200 g/mol. The van der Waals surface area contributed by atoms with Crippen LogP contribution in [0.1, 0.15) is 65.2 Å². The smallest absolute Gasteiger partial charge is 0.330 e. The average Bonchev–Trinajstić information content (AvgIpc) is 2.25. The van der Waals surface area contributed by atoms with E-state index in [1.165, 1.54) is 38.5 Å². The van der Waals surface area contributed by atoms with Crippen molar-refractivity contribution in [3.63, 3.8) is 0 Å². The third-order valence-electron chi connectivity index (χ3n) is 3.07. The molecule has 2 heteroatoms. The molecular formula is C14H26O2. The highest BCUT2D eigenvalue weighted by Gasteiger charge is 2.10. The number of carboxylic acid groups (broad SMARTS) is 1. The first kappa shape index (κ1) is 15.2. The van der Waals surface area contributed by atoms with Gasteiger partial charge in [0.15, 0.2) is 0 Å². The molecule has 0 amide bonds. The normalized spacial score (nSPS) is 12.4. The highest BCUT2D eigenvalue weighted by molar-refractivity contribution is 5.85. The molecule has 16 heavy (non-hydrogen) atoms. The number of rotatable bonds is 10. The summed E-state index contributed by atoms with van der Waals surface area (Å²) in [7, 11) is 0. The van der Waals surface area contributed by atoms with E-state index in [9.17, 15) is 4.79 Å². The molecule has 0 heterocycles. The molecule has 94 valence electrons. The van der Waals surface area contributed by atoms with E-state index in [0.29, 0.717) is 17.9 Å². The fourth-order valence-electron chi connectivity index (χ4n) is 2.01. The van der Waals surface area contributed by atoms with Gasteiger partial charge in [-0.05, 0) is 18.8 Å². The first-order valence-corrected chi connectivity index (χ1v) is 6.52. The third kappa shape index (κ3) is 7.49. The van der Waals surface area contributed by atoms with E-state index < -0.39 is 5.97 Å². The summed E-state index contributed by atoms with van der Waals surface area (Å²) >= 11 is 0. The van der Waals surface area contributed by atoms with E-state index in [4.69, 9.17) is 5.11 Å². The van der Waals surface area contributed by atoms with Crippen LogP contribution >= 0.6 is 0 Å². The van der Waals surface area contributed by atoms with E-state index in [1.807, 2.05) is 0 Å². The van der Waals surface area contributed by atoms with Gasteiger partial charge in [-0.25, -0.2) is 4.79 Å². The average molecular weight is 226 g/mol. The Balaban J connectivity index is 3.83. The van der Waals surface area contributed by atoms with Gasteiger partial charge in [0.2, 0.25) is 0 Å². The first-order valence-electron chi connectivity index (χ1n) is 6.52. The molecule has 0 aromatic carbocycles. The molecule has 0 aliphatic heterocycles. The van der Waals surface area contributed by atoms with Crippen LogP contribution in [0.3, 0.4) is 0 Å². The van der Waals surface area contributed by atoms with Crippen molar-refractivity contribution in [3.8, 4) is 0 Å². The van der Waals surface area contributed by atoms with E-state index in [-0.39, 0.29) is 0 Å². The van der Waals surface area contributed by atoms with Gasteiger partial charge in [0.25, 0.3) is 0 Å². The minimum atomic E-state index is -0.844. The second kappa shape index (κ2) is 9.44. The second-order valence-electron chi connectivity index (χ2n) is 4.60. The first-order chi connectivity index (χ1) is 7.61. The lowest BCUT2D eigenvalue weighted by Crippen LogP contribution is -2.05. The maximum Gasteiger partial charge on any atom is 0.330 e. The molecule has 2 nitrogen and oxygen atoms in total. The molecule has 1 N–H and O–H groups in total. The van der Waals surface area contributed by atoms with Crippen molar-refractivity contribution in [1.82, 2.24) is 0 Å². The summed E-state index contributed by atoms with van der Waals surface area (Å²) in [6.07, 6.45) is 9.11. The van der Waals surface area contributed by atoms with E-state index >= 15 is 0 Å². The number of hydrogen-bond acceptors (Lipinski definition) is 1. The van der Waals surface area contributed by atoms with Gasteiger partial charge in [-0.15, -0.1) is 0 Å². The summed E-state index contributed by atoms with van der Waals surface area (Å²) in [6, 6.07) is 0. The van der Waals surface area contributed by atoms with Crippen molar-refractivity contribution < 1.29 is 9.90 Å². The number of carbonyl (C=O) groups is 1. The zero-order valence-corrected chi connectivity index (χ0v) is 10.8. The number of hydrogen-bond donors (Lipinski definition) is 1. The highest BCUT2D eigenvalue weighted by atomic mass is 16.4. The molecule has 0 saturated heterocycles. The van der Waals surface area contributed by atoms with Crippen LogP contribution in [0, 0.1) is 5.92 Å². The standard InChI is InChI=1S/C14H26O2/c1-4-6-7-9-13(8-5-2)11-10-12(3)14(15)16/h13H,3-11H2,1-2H3,(H,15,16). The maximum atomic E-state index is 10.6. The summed E-state index contributed by atoms with van der Waals surface area (Å²) < 4.78 is 0. The monoisotopic (exact) mass is 226 g/mol. The Morgan fingerprint density at radius 1 is 1.12 bits per heavy atom. The summed E-state index contributed by atoms with van der Waals surface area (Å²) in [5, 5.41) is 8.74. The maximum absolute atomic E-state index is 10.6. The van der Waals surface area contributed by atoms with Crippen molar-refractivity contribution in [2.45, 2.75) is 65.2 Å². The molecule has 0 rings (SSSR count). The van der Waals surface area contributed by atoms with Crippen LogP contribution in [0.25, 0.3) is 0 Å². The van der Waals surface area contributed by atoms with Crippen LogP contribution in [0.15, 0.2) is 12.2 Å². The Kier molecular flexibility index (Phi) is 8.97. The highest BCUT2D eigenvalue weighted by Crippen LogP contribution is 2.22. The molecule has 0 spiro atoms. The lowest BCUT2D eigenvalue weighted by Gasteiger charge is -2.15. The number of aliphatic carboxylic acids is 1. The zero-order valence-electron chi connectivity index (χ0n) is 10.8. The van der Waals surface area contributed by atoms with Crippen LogP contribution in [-0.4, -0.2) is 11.1 Å². The Bertz CT molecular complexity index is 209. The van der Waals surface area contributed by atoms with Gasteiger partial charge in [-0.2, -0.15) is 0 Å². The van der Waals surface area contributed by atoms with Crippen LogP contribution in [0.5, 0.6) is 0 Å². The van der Waals surface area contributed by atoms with Gasteiger partial charge in [-0.3, -0.25) is 0 Å². The van der Waals surface area contributed by atoms with Gasteiger partial charge in [0, 0.05) is 5.57 Å². The molecule has 0 aliphatic carbocycles. The number of carboxylic acids is 1. The van der Waals surface area contributed by atoms with E-state index in [0.717, 1.165) is 6.42 Å². The number of unbranched alkanes of at least 4 members (excludes halogenated alkanes) is 2. The van der Waals surface area contributed by atoms with E-state index in [2.05, 4.69) is 20.4 Å². The summed E-state index contributed by atoms with van der Waals surface area (Å²) in [5.74, 6) is -0.156. The lowest BCUT2D eigenvalue weighted by molar-refractivity contribution is -0.132. The van der Waals surface area contributed by atoms with Gasteiger partial charge in [0.05, 0.1) is 0 Å². The molecule has 0 aromatic rings. The van der Waals surface area contributed by atoms with Gasteiger partial charge in [-0.1, -0.05) is 59.0 Å². The van der Waals surface area contributed by atoms with Crippen molar-refractivity contribution in [1.29, 1.82) is 0 Å². The molecule has 0 fully saturated rings. The second-order valence-corrected chi connectivity index (χ2v) is 4.60. The zero-order chi connectivity index (χ0) is 12.4. The molecule has 1 atom stereocenters. The largest absolute Gasteiger partial charge is 0.478 e. The van der Waals surface area contributed by atoms with Gasteiger partial charge >= 0.3 is 5.97 Å². The van der Waals surface area contributed by atoms with Crippen molar-refractivity contribution in [2.75, 3.05) is 0 Å². The third-order valence-corrected chi connectivity index (χ3v) is 3.07. The molecule has 0 bridgehead atoms. The molecule has 0 aliphatic rings. The van der Waals surface area contributed by atoms with Crippen LogP contribution < -0.4 is 0 Å². The summed E-state index contributed by atoms with van der Waals surface area (Å²) in [4.78, 5) is 10.6. The van der Waals surface area contributed by atoms with Crippen molar-refractivity contribution in [2.24, 2.45) is 5.92 Å². The topological polar surface area (TPSA) is 37.3 Å². The molecule has 0 saturated carbocycles. The SMILES string of the molecule is C=C(CCC(CCC)CCCCC)C(=O)O. The Morgan fingerprint density at radius 2 is 1.81 bits per heavy atom. The quantitative estimate of drug-likeness (QED) is 0.442. The van der Waals surface area contributed by atoms with E-state index in [1.54, 1.807) is 0 Å². The Labute approximate surface area is 99.7 Å². The van der Waals surface area contributed by atoms with Gasteiger partial charge < -0.3 is 5.11 Å². The fourth-order valence-corrected chi connectivity index (χ4v) is 2.01. The lowest BCUT2D eigenvalue weighted by atomic mass is 9.90.